The minimum Gasteiger partial charge on any atom is -0.300 e. The quantitative estimate of drug-likeness (QED) is 0.570. The Kier molecular flexibility index (Phi) is 1.33. The average Bonchev–Trinajstić information content (AvgIpc) is 2.42. The second-order valence-electron chi connectivity index (χ2n) is 3.88. The second-order valence-corrected chi connectivity index (χ2v) is 3.88. The van der Waals surface area contributed by atoms with Gasteiger partial charge in [0.05, 0.1) is 0 Å². The van der Waals surface area contributed by atoms with Gasteiger partial charge in [0, 0.05) is 5.92 Å². The molecule has 0 spiro atoms. The molecule has 0 N–H and O–H groups in total. The minimum atomic E-state index is 0.414. The lowest BCUT2D eigenvalue weighted by Gasteiger charge is -2.33. The summed E-state index contributed by atoms with van der Waals surface area (Å²) in [6.45, 7) is 1.73. The van der Waals surface area contributed by atoms with Gasteiger partial charge in [0.1, 0.15) is 5.78 Å². The lowest BCUT2D eigenvalue weighted by atomic mass is 9.71. The molecule has 2 rings (SSSR count). The van der Waals surface area contributed by atoms with Gasteiger partial charge in [-0.1, -0.05) is 0 Å². The molecule has 0 aromatic rings. The highest BCUT2D eigenvalue weighted by molar-refractivity contribution is 5.79. The molecule has 0 bridgehead atoms. The normalized spacial score (nSPS) is 38.9. The third-order valence-electron chi connectivity index (χ3n) is 3.04. The predicted molar refractivity (Wildman–Crippen MR) is 39.6 cm³/mol. The Hall–Kier alpha value is -0.330. The van der Waals surface area contributed by atoms with Gasteiger partial charge < -0.3 is 0 Å². The number of carbonyl (C=O) groups excluding carboxylic acids is 1. The van der Waals surface area contributed by atoms with Crippen molar-refractivity contribution in [3.05, 3.63) is 0 Å². The Bertz CT molecular complexity index is 152. The van der Waals surface area contributed by atoms with E-state index >= 15 is 0 Å². The van der Waals surface area contributed by atoms with Crippen molar-refractivity contribution in [1.29, 1.82) is 0 Å². The van der Waals surface area contributed by atoms with Crippen molar-refractivity contribution in [1.82, 2.24) is 0 Å². The molecule has 0 aromatic heterocycles. The molecule has 2 saturated carbocycles. The topological polar surface area (TPSA) is 17.1 Å². The van der Waals surface area contributed by atoms with Gasteiger partial charge >= 0.3 is 0 Å². The van der Waals surface area contributed by atoms with Crippen LogP contribution in [-0.4, -0.2) is 5.78 Å². The van der Waals surface area contributed by atoms with E-state index < -0.39 is 0 Å². The summed E-state index contributed by atoms with van der Waals surface area (Å²) >= 11 is 0. The summed E-state index contributed by atoms with van der Waals surface area (Å²) in [6.07, 6.45) is 5.30. The third-order valence-corrected chi connectivity index (χ3v) is 3.04. The smallest absolute Gasteiger partial charge is 0.132 e. The van der Waals surface area contributed by atoms with E-state index in [1.807, 2.05) is 0 Å². The maximum atomic E-state index is 10.8. The molecule has 0 heterocycles. The number of Topliss-reactive ketones (excluding diaryl/α,β-unsaturated/α-hetero) is 1. The van der Waals surface area contributed by atoms with E-state index in [0.29, 0.717) is 11.7 Å². The maximum Gasteiger partial charge on any atom is 0.132 e. The molecule has 0 radical (unpaired) electrons. The fraction of sp³-hybridized carbons (Fsp3) is 0.889. The molecule has 1 heteroatoms. The summed E-state index contributed by atoms with van der Waals surface area (Å²) in [6, 6.07) is 0. The molecule has 0 aromatic carbocycles. The van der Waals surface area contributed by atoms with Crippen LogP contribution in [0.5, 0.6) is 0 Å². The van der Waals surface area contributed by atoms with Gasteiger partial charge in [-0.15, -0.1) is 0 Å². The first-order chi connectivity index (χ1) is 4.77. The molecular formula is C9H14O. The van der Waals surface area contributed by atoms with Crippen molar-refractivity contribution in [2.45, 2.75) is 32.6 Å². The first-order valence-electron chi connectivity index (χ1n) is 4.28. The van der Waals surface area contributed by atoms with E-state index in [1.54, 1.807) is 6.92 Å². The molecule has 0 amide bonds. The SMILES string of the molecule is CC(=O)C1CC(C2CC2)C1. The standard InChI is InChI=1S/C9H14O/c1-6(10)8-4-9(5-8)7-2-3-7/h7-9H,2-5H2,1H3. The number of hydrogen-bond donors (Lipinski definition) is 0. The van der Waals surface area contributed by atoms with Crippen LogP contribution in [0.2, 0.25) is 0 Å². The van der Waals surface area contributed by atoms with Crippen molar-refractivity contribution >= 4 is 5.78 Å². The zero-order chi connectivity index (χ0) is 7.14. The minimum absolute atomic E-state index is 0.414. The Balaban J connectivity index is 1.77. The van der Waals surface area contributed by atoms with E-state index in [1.165, 1.54) is 25.7 Å². The van der Waals surface area contributed by atoms with Gasteiger partial charge in [-0.3, -0.25) is 4.79 Å². The molecule has 0 saturated heterocycles. The van der Waals surface area contributed by atoms with E-state index in [9.17, 15) is 4.79 Å². The molecule has 2 aliphatic carbocycles. The van der Waals surface area contributed by atoms with Crippen molar-refractivity contribution in [2.24, 2.45) is 17.8 Å². The summed E-state index contributed by atoms with van der Waals surface area (Å²) < 4.78 is 0. The zero-order valence-electron chi connectivity index (χ0n) is 6.47. The fourth-order valence-electron chi connectivity index (χ4n) is 1.95. The van der Waals surface area contributed by atoms with Crippen LogP contribution in [0.15, 0.2) is 0 Å². The molecule has 2 aliphatic rings. The van der Waals surface area contributed by atoms with Crippen LogP contribution in [0.25, 0.3) is 0 Å². The Morgan fingerprint density at radius 1 is 1.20 bits per heavy atom. The number of ketones is 1. The van der Waals surface area contributed by atoms with Gasteiger partial charge in [0.2, 0.25) is 0 Å². The van der Waals surface area contributed by atoms with Crippen LogP contribution >= 0.6 is 0 Å². The zero-order valence-corrected chi connectivity index (χ0v) is 6.47. The van der Waals surface area contributed by atoms with E-state index in [2.05, 4.69) is 0 Å². The van der Waals surface area contributed by atoms with Crippen LogP contribution in [0.1, 0.15) is 32.6 Å². The van der Waals surface area contributed by atoms with Crippen molar-refractivity contribution in [3.8, 4) is 0 Å². The van der Waals surface area contributed by atoms with Crippen LogP contribution < -0.4 is 0 Å². The van der Waals surface area contributed by atoms with Gasteiger partial charge in [0.15, 0.2) is 0 Å². The summed E-state index contributed by atoms with van der Waals surface area (Å²) in [5.74, 6) is 2.83. The van der Waals surface area contributed by atoms with E-state index in [0.717, 1.165) is 11.8 Å². The molecule has 56 valence electrons. The van der Waals surface area contributed by atoms with Crippen molar-refractivity contribution in [2.75, 3.05) is 0 Å². The second kappa shape index (κ2) is 2.08. The van der Waals surface area contributed by atoms with Crippen molar-refractivity contribution in [3.63, 3.8) is 0 Å². The maximum absolute atomic E-state index is 10.8. The number of rotatable bonds is 2. The first kappa shape index (κ1) is 6.38. The predicted octanol–water partition coefficient (Wildman–Crippen LogP) is 2.01. The molecule has 2 fully saturated rings. The van der Waals surface area contributed by atoms with E-state index in [4.69, 9.17) is 0 Å². The highest BCUT2D eigenvalue weighted by atomic mass is 16.1. The van der Waals surface area contributed by atoms with Crippen LogP contribution in [0.3, 0.4) is 0 Å². The summed E-state index contributed by atoms with van der Waals surface area (Å²) in [5, 5.41) is 0. The molecule has 10 heavy (non-hydrogen) atoms. The molecule has 0 atom stereocenters. The molecule has 1 nitrogen and oxygen atoms in total. The Labute approximate surface area is 61.8 Å². The van der Waals surface area contributed by atoms with Crippen LogP contribution in [0, 0.1) is 17.8 Å². The Morgan fingerprint density at radius 3 is 2.20 bits per heavy atom. The van der Waals surface area contributed by atoms with Gasteiger partial charge in [0.25, 0.3) is 0 Å². The molecule has 0 aliphatic heterocycles. The van der Waals surface area contributed by atoms with Gasteiger partial charge in [-0.25, -0.2) is 0 Å². The summed E-state index contributed by atoms with van der Waals surface area (Å²) in [4.78, 5) is 10.8. The van der Waals surface area contributed by atoms with Gasteiger partial charge in [-0.05, 0) is 44.4 Å². The van der Waals surface area contributed by atoms with Crippen molar-refractivity contribution < 1.29 is 4.79 Å². The van der Waals surface area contributed by atoms with E-state index in [-0.39, 0.29) is 0 Å². The highest BCUT2D eigenvalue weighted by Gasteiger charge is 2.41. The Morgan fingerprint density at radius 2 is 1.80 bits per heavy atom. The fourth-order valence-corrected chi connectivity index (χ4v) is 1.95. The first-order valence-corrected chi connectivity index (χ1v) is 4.28. The molecule has 0 unspecified atom stereocenters. The average molecular weight is 138 g/mol. The largest absolute Gasteiger partial charge is 0.300 e. The lowest BCUT2D eigenvalue weighted by molar-refractivity contribution is -0.124. The molecular weight excluding hydrogens is 124 g/mol. The van der Waals surface area contributed by atoms with Crippen LogP contribution in [-0.2, 0) is 4.79 Å². The highest BCUT2D eigenvalue weighted by Crippen LogP contribution is 2.49. The lowest BCUT2D eigenvalue weighted by Crippen LogP contribution is -2.30. The summed E-state index contributed by atoms with van der Waals surface area (Å²) in [7, 11) is 0. The third kappa shape index (κ3) is 0.979. The van der Waals surface area contributed by atoms with Crippen LogP contribution in [0.4, 0.5) is 0 Å². The summed E-state index contributed by atoms with van der Waals surface area (Å²) in [5.41, 5.74) is 0. The number of carbonyl (C=O) groups is 1. The van der Waals surface area contributed by atoms with Gasteiger partial charge in [-0.2, -0.15) is 0 Å². The number of hydrogen-bond acceptors (Lipinski definition) is 1. The monoisotopic (exact) mass is 138 g/mol.